The lowest BCUT2D eigenvalue weighted by atomic mass is 10.2. The summed E-state index contributed by atoms with van der Waals surface area (Å²) in [5, 5.41) is 0.245. The van der Waals surface area contributed by atoms with E-state index >= 15 is 0 Å². The predicted molar refractivity (Wildman–Crippen MR) is 115 cm³/mol. The summed E-state index contributed by atoms with van der Waals surface area (Å²) in [7, 11) is -3.36. The summed E-state index contributed by atoms with van der Waals surface area (Å²) in [6.45, 7) is 13.6. The van der Waals surface area contributed by atoms with Gasteiger partial charge in [-0.15, -0.1) is 0 Å². The Morgan fingerprint density at radius 1 is 1.10 bits per heavy atom. The minimum atomic E-state index is -3.36. The van der Waals surface area contributed by atoms with Gasteiger partial charge in [0.25, 0.3) is 0 Å². The smallest absolute Gasteiger partial charge is 0.227 e. The average Bonchev–Trinajstić information content (AvgIpc) is 3.18. The molecule has 2 heterocycles. The fourth-order valence-electron chi connectivity index (χ4n) is 4.02. The van der Waals surface area contributed by atoms with E-state index in [0.717, 1.165) is 77.3 Å². The highest BCUT2D eigenvalue weighted by Gasteiger charge is 2.33. The molecule has 0 unspecified atom stereocenters. The van der Waals surface area contributed by atoms with Gasteiger partial charge in [-0.3, -0.25) is 4.90 Å². The Kier molecular flexibility index (Phi) is 8.13. The van der Waals surface area contributed by atoms with Gasteiger partial charge < -0.3 is 14.2 Å². The van der Waals surface area contributed by atoms with Crippen molar-refractivity contribution >= 4 is 9.84 Å². The fraction of sp³-hybridized carbons (Fsp3) is 0.857. The maximum Gasteiger partial charge on any atom is 0.227 e. The van der Waals surface area contributed by atoms with Gasteiger partial charge >= 0.3 is 0 Å². The molecule has 0 radical (unpaired) electrons. The van der Waals surface area contributed by atoms with E-state index in [1.165, 1.54) is 0 Å². The number of ether oxygens (including phenoxy) is 1. The number of sulfone groups is 1. The number of nitrogens with zero attached hydrogens (tertiary/aromatic N) is 4. The summed E-state index contributed by atoms with van der Waals surface area (Å²) in [6, 6.07) is 0. The first kappa shape index (κ1) is 22.7. The van der Waals surface area contributed by atoms with Crippen molar-refractivity contribution in [3.8, 4) is 0 Å². The molecule has 2 fully saturated rings. The first-order chi connectivity index (χ1) is 14.0. The summed E-state index contributed by atoms with van der Waals surface area (Å²) < 4.78 is 33.7. The first-order valence-electron chi connectivity index (χ1n) is 11.3. The third kappa shape index (κ3) is 6.26. The number of aromatic nitrogens is 2. The van der Waals surface area contributed by atoms with Crippen LogP contribution in [0.2, 0.25) is 0 Å². The second kappa shape index (κ2) is 10.4. The molecule has 1 aromatic rings. The topological polar surface area (TPSA) is 67.7 Å². The van der Waals surface area contributed by atoms with Gasteiger partial charge in [0.05, 0.1) is 30.3 Å². The zero-order valence-corrected chi connectivity index (χ0v) is 19.2. The molecule has 1 atom stereocenters. The molecule has 1 aliphatic carbocycles. The molecule has 0 bridgehead atoms. The van der Waals surface area contributed by atoms with E-state index < -0.39 is 9.84 Å². The Balaban J connectivity index is 1.77. The van der Waals surface area contributed by atoms with Gasteiger partial charge in [-0.1, -0.05) is 20.8 Å². The Bertz CT molecular complexity index is 735. The molecule has 3 rings (SSSR count). The van der Waals surface area contributed by atoms with Crippen LogP contribution in [0.25, 0.3) is 0 Å². The molecule has 166 valence electrons. The van der Waals surface area contributed by atoms with Gasteiger partial charge in [-0.2, -0.15) is 0 Å². The first-order valence-corrected chi connectivity index (χ1v) is 13.0. The van der Waals surface area contributed by atoms with Crippen LogP contribution >= 0.6 is 0 Å². The third-order valence-electron chi connectivity index (χ3n) is 6.20. The lowest BCUT2D eigenvalue weighted by molar-refractivity contribution is 0.0931. The van der Waals surface area contributed by atoms with Crippen LogP contribution in [0, 0.1) is 5.92 Å². The molecule has 8 heteroatoms. The molecule has 0 N–H and O–H groups in total. The van der Waals surface area contributed by atoms with Gasteiger partial charge in [0.15, 0.2) is 0 Å². The van der Waals surface area contributed by atoms with Crippen LogP contribution in [-0.2, 0) is 27.7 Å². The Morgan fingerprint density at radius 2 is 1.79 bits per heavy atom. The summed E-state index contributed by atoms with van der Waals surface area (Å²) >= 11 is 0. The van der Waals surface area contributed by atoms with Gasteiger partial charge in [-0.25, -0.2) is 13.4 Å². The fourth-order valence-corrected chi connectivity index (χ4v) is 5.87. The van der Waals surface area contributed by atoms with Crippen molar-refractivity contribution in [3.63, 3.8) is 0 Å². The number of imidazole rings is 1. The quantitative estimate of drug-likeness (QED) is 0.483. The lowest BCUT2D eigenvalue weighted by Crippen LogP contribution is -2.35. The van der Waals surface area contributed by atoms with Crippen LogP contribution in [0.4, 0.5) is 0 Å². The average molecular weight is 427 g/mol. The normalized spacial score (nSPS) is 20.2. The second-order valence-corrected chi connectivity index (χ2v) is 10.3. The SMILES string of the molecule is CCN(CC)CCN(CC)Cc1cnc(S(=O)(=O)CC2CC2)n1C[C@H]1CCCO1. The molecule has 1 saturated heterocycles. The van der Waals surface area contributed by atoms with E-state index in [1.807, 2.05) is 4.57 Å². The molecule has 0 aromatic carbocycles. The van der Waals surface area contributed by atoms with Crippen LogP contribution in [0.3, 0.4) is 0 Å². The molecular weight excluding hydrogens is 388 g/mol. The molecular formula is C21H38N4O3S. The van der Waals surface area contributed by atoms with Crippen LogP contribution < -0.4 is 0 Å². The van der Waals surface area contributed by atoms with Gasteiger partial charge in [0.2, 0.25) is 15.0 Å². The van der Waals surface area contributed by atoms with Gasteiger partial charge in [0, 0.05) is 26.2 Å². The molecule has 2 aliphatic rings. The third-order valence-corrected chi connectivity index (χ3v) is 7.99. The van der Waals surface area contributed by atoms with Crippen molar-refractivity contribution in [3.05, 3.63) is 11.9 Å². The Hall–Kier alpha value is -0.960. The van der Waals surface area contributed by atoms with Crippen molar-refractivity contribution in [1.82, 2.24) is 19.4 Å². The molecule has 29 heavy (non-hydrogen) atoms. The van der Waals surface area contributed by atoms with E-state index in [4.69, 9.17) is 4.74 Å². The van der Waals surface area contributed by atoms with Crippen LogP contribution in [0.5, 0.6) is 0 Å². The van der Waals surface area contributed by atoms with E-state index in [2.05, 4.69) is 35.6 Å². The largest absolute Gasteiger partial charge is 0.376 e. The van der Waals surface area contributed by atoms with Crippen LogP contribution in [0.15, 0.2) is 11.4 Å². The summed E-state index contributed by atoms with van der Waals surface area (Å²) in [5.74, 6) is 0.548. The van der Waals surface area contributed by atoms with Crippen LogP contribution in [0.1, 0.15) is 52.1 Å². The number of likely N-dealkylation sites (N-methyl/N-ethyl adjacent to an activating group) is 2. The highest BCUT2D eigenvalue weighted by atomic mass is 32.2. The number of hydrogen-bond donors (Lipinski definition) is 0. The highest BCUT2D eigenvalue weighted by Crippen LogP contribution is 2.32. The van der Waals surface area contributed by atoms with E-state index in [1.54, 1.807) is 6.20 Å². The minimum Gasteiger partial charge on any atom is -0.376 e. The highest BCUT2D eigenvalue weighted by molar-refractivity contribution is 7.91. The van der Waals surface area contributed by atoms with Crippen LogP contribution in [-0.4, -0.2) is 79.0 Å². The van der Waals surface area contributed by atoms with Crippen molar-refractivity contribution in [1.29, 1.82) is 0 Å². The second-order valence-electron chi connectivity index (χ2n) is 8.40. The molecule has 7 nitrogen and oxygen atoms in total. The molecule has 0 amide bonds. The van der Waals surface area contributed by atoms with Crippen molar-refractivity contribution in [2.75, 3.05) is 45.1 Å². The molecule has 1 saturated carbocycles. The molecule has 1 aliphatic heterocycles. The summed E-state index contributed by atoms with van der Waals surface area (Å²) in [6.07, 6.45) is 5.93. The monoisotopic (exact) mass is 426 g/mol. The Morgan fingerprint density at radius 3 is 2.38 bits per heavy atom. The predicted octanol–water partition coefficient (Wildman–Crippen LogP) is 2.41. The van der Waals surface area contributed by atoms with E-state index in [9.17, 15) is 8.42 Å². The van der Waals surface area contributed by atoms with Gasteiger partial charge in [-0.05, 0) is 51.2 Å². The van der Waals surface area contributed by atoms with Crippen molar-refractivity contribution in [2.45, 2.75) is 70.8 Å². The van der Waals surface area contributed by atoms with E-state index in [-0.39, 0.29) is 17.0 Å². The number of rotatable bonds is 13. The standard InChI is InChI=1S/C21H38N4O3S/c1-4-23(5-2)11-12-24(6-3)15-19-14-22-21(29(26,27)17-18-9-10-18)25(19)16-20-8-7-13-28-20/h14,18,20H,4-13,15-17H2,1-3H3/t20-/m1/s1. The molecule has 0 spiro atoms. The maximum atomic E-state index is 13.0. The van der Waals surface area contributed by atoms with Crippen molar-refractivity contribution in [2.24, 2.45) is 5.92 Å². The zero-order chi connectivity index (χ0) is 20.9. The minimum absolute atomic E-state index is 0.0866. The molecule has 1 aromatic heterocycles. The Labute approximate surface area is 176 Å². The zero-order valence-electron chi connectivity index (χ0n) is 18.3. The maximum absolute atomic E-state index is 13.0. The van der Waals surface area contributed by atoms with Crippen molar-refractivity contribution < 1.29 is 13.2 Å². The van der Waals surface area contributed by atoms with Gasteiger partial charge in [0.1, 0.15) is 0 Å². The number of hydrogen-bond acceptors (Lipinski definition) is 6. The lowest BCUT2D eigenvalue weighted by Gasteiger charge is -2.26. The van der Waals surface area contributed by atoms with E-state index in [0.29, 0.717) is 12.5 Å². The summed E-state index contributed by atoms with van der Waals surface area (Å²) in [4.78, 5) is 9.20. The summed E-state index contributed by atoms with van der Waals surface area (Å²) in [5.41, 5.74) is 0.983.